The molecule has 0 atom stereocenters. The number of ether oxygens (including phenoxy) is 1. The lowest BCUT2D eigenvalue weighted by Gasteiger charge is -2.25. The van der Waals surface area contributed by atoms with Gasteiger partial charge in [-0.25, -0.2) is 4.98 Å². The summed E-state index contributed by atoms with van der Waals surface area (Å²) in [5.74, 6) is 0. The molecule has 2 aromatic rings. The van der Waals surface area contributed by atoms with Crippen LogP contribution in [0, 0.1) is 6.07 Å². The van der Waals surface area contributed by atoms with Gasteiger partial charge in [-0.15, -0.1) is 11.3 Å². The third kappa shape index (κ3) is 3.48. The number of benzene rings is 1. The van der Waals surface area contributed by atoms with Gasteiger partial charge in [-0.05, 0) is 6.07 Å². The van der Waals surface area contributed by atoms with E-state index >= 15 is 0 Å². The molecular weight excluding hydrogens is 313 g/mol. The third-order valence-electron chi connectivity index (χ3n) is 3.41. The van der Waals surface area contributed by atoms with Crippen LogP contribution in [0.4, 0.5) is 13.2 Å². The van der Waals surface area contributed by atoms with E-state index in [0.717, 1.165) is 18.8 Å². The fourth-order valence-corrected chi connectivity index (χ4v) is 3.18. The minimum atomic E-state index is -4.42. The Morgan fingerprint density at radius 2 is 2.09 bits per heavy atom. The summed E-state index contributed by atoms with van der Waals surface area (Å²) in [5.41, 5.74) is 0.120. The second-order valence-electron chi connectivity index (χ2n) is 4.99. The van der Waals surface area contributed by atoms with E-state index < -0.39 is 11.7 Å². The smallest absolute Gasteiger partial charge is 0.379 e. The van der Waals surface area contributed by atoms with E-state index in [9.17, 15) is 13.2 Å². The number of alkyl halides is 3. The van der Waals surface area contributed by atoms with Gasteiger partial charge in [0.15, 0.2) is 0 Å². The SMILES string of the molecule is FC(F)(F)c1[c]cccc1-c1nc(CN2CCOCC2)cs1. The molecule has 1 fully saturated rings. The third-order valence-corrected chi connectivity index (χ3v) is 4.34. The first-order valence-electron chi connectivity index (χ1n) is 6.87. The number of nitrogens with zero attached hydrogens (tertiary/aromatic N) is 2. The summed E-state index contributed by atoms with van der Waals surface area (Å²) in [5, 5.41) is 2.20. The molecule has 0 bridgehead atoms. The first kappa shape index (κ1) is 15.5. The van der Waals surface area contributed by atoms with Crippen molar-refractivity contribution in [3.63, 3.8) is 0 Å². The average molecular weight is 327 g/mol. The molecule has 117 valence electrons. The zero-order chi connectivity index (χ0) is 15.6. The molecule has 0 spiro atoms. The van der Waals surface area contributed by atoms with Crippen LogP contribution in [0.2, 0.25) is 0 Å². The fourth-order valence-electron chi connectivity index (χ4n) is 2.34. The molecule has 0 aliphatic carbocycles. The number of hydrogen-bond acceptors (Lipinski definition) is 4. The zero-order valence-electron chi connectivity index (χ0n) is 11.7. The van der Waals surface area contributed by atoms with Gasteiger partial charge in [-0.1, -0.05) is 18.2 Å². The van der Waals surface area contributed by atoms with E-state index in [2.05, 4.69) is 16.0 Å². The quantitative estimate of drug-likeness (QED) is 0.863. The van der Waals surface area contributed by atoms with Crippen molar-refractivity contribution < 1.29 is 17.9 Å². The standard InChI is InChI=1S/C15H14F3N2OS/c16-15(17,18)13-4-2-1-3-12(13)14-19-11(10-22-14)9-20-5-7-21-8-6-20/h1-3,10H,5-9H2. The second-order valence-corrected chi connectivity index (χ2v) is 5.85. The largest absolute Gasteiger partial charge is 0.417 e. The molecule has 1 aliphatic rings. The Labute approximate surface area is 130 Å². The van der Waals surface area contributed by atoms with Gasteiger partial charge in [0, 0.05) is 30.6 Å². The number of rotatable bonds is 3. The Hall–Kier alpha value is -1.44. The van der Waals surface area contributed by atoms with Crippen molar-refractivity contribution in [3.05, 3.63) is 40.9 Å². The number of aromatic nitrogens is 1. The maximum absolute atomic E-state index is 13.0. The normalized spacial score (nSPS) is 16.9. The van der Waals surface area contributed by atoms with Gasteiger partial charge in [0.2, 0.25) is 0 Å². The van der Waals surface area contributed by atoms with Crippen LogP contribution < -0.4 is 0 Å². The van der Waals surface area contributed by atoms with Crippen LogP contribution in [0.5, 0.6) is 0 Å². The lowest BCUT2D eigenvalue weighted by Crippen LogP contribution is -2.35. The molecule has 1 aromatic carbocycles. The second kappa shape index (κ2) is 6.36. The van der Waals surface area contributed by atoms with Crippen LogP contribution >= 0.6 is 11.3 Å². The monoisotopic (exact) mass is 327 g/mol. The molecule has 3 nitrogen and oxygen atoms in total. The molecule has 0 saturated carbocycles. The highest BCUT2D eigenvalue weighted by Gasteiger charge is 2.34. The van der Waals surface area contributed by atoms with Gasteiger partial charge in [0.05, 0.1) is 24.5 Å². The minimum Gasteiger partial charge on any atom is -0.379 e. The maximum atomic E-state index is 13.0. The van der Waals surface area contributed by atoms with Gasteiger partial charge in [0.25, 0.3) is 0 Å². The number of halogens is 3. The van der Waals surface area contributed by atoms with Crippen LogP contribution in [0.25, 0.3) is 10.6 Å². The first-order chi connectivity index (χ1) is 10.5. The molecular formula is C15H14F3N2OS. The maximum Gasteiger partial charge on any atom is 0.417 e. The molecule has 0 amide bonds. The molecule has 2 heterocycles. The van der Waals surface area contributed by atoms with Crippen LogP contribution in [0.15, 0.2) is 23.6 Å². The van der Waals surface area contributed by atoms with E-state index in [1.54, 1.807) is 6.07 Å². The molecule has 1 aliphatic heterocycles. The van der Waals surface area contributed by atoms with Crippen LogP contribution in [0.1, 0.15) is 11.3 Å². The van der Waals surface area contributed by atoms with Crippen molar-refractivity contribution in [2.45, 2.75) is 12.7 Å². The van der Waals surface area contributed by atoms with Gasteiger partial charge < -0.3 is 4.74 Å². The first-order valence-corrected chi connectivity index (χ1v) is 7.75. The van der Waals surface area contributed by atoms with Gasteiger partial charge in [-0.3, -0.25) is 4.90 Å². The Kier molecular flexibility index (Phi) is 4.46. The predicted octanol–water partition coefficient (Wildman–Crippen LogP) is 3.46. The molecule has 1 aromatic heterocycles. The Bertz CT molecular complexity index is 636. The Morgan fingerprint density at radius 1 is 1.32 bits per heavy atom. The summed E-state index contributed by atoms with van der Waals surface area (Å²) in [4.78, 5) is 6.55. The highest BCUT2D eigenvalue weighted by Crippen LogP contribution is 2.37. The molecule has 7 heteroatoms. The highest BCUT2D eigenvalue weighted by molar-refractivity contribution is 7.13. The molecule has 1 radical (unpaired) electrons. The van der Waals surface area contributed by atoms with E-state index in [4.69, 9.17) is 4.74 Å². The average Bonchev–Trinajstić information content (AvgIpc) is 2.96. The van der Waals surface area contributed by atoms with Crippen molar-refractivity contribution in [2.24, 2.45) is 0 Å². The molecule has 1 saturated heterocycles. The van der Waals surface area contributed by atoms with Gasteiger partial charge in [-0.2, -0.15) is 13.2 Å². The molecule has 3 rings (SSSR count). The Morgan fingerprint density at radius 3 is 2.82 bits per heavy atom. The lowest BCUT2D eigenvalue weighted by atomic mass is 10.1. The minimum absolute atomic E-state index is 0.0910. The van der Waals surface area contributed by atoms with Crippen LogP contribution in [0.3, 0.4) is 0 Å². The number of hydrogen-bond donors (Lipinski definition) is 0. The predicted molar refractivity (Wildman–Crippen MR) is 77.5 cm³/mol. The number of thiazole rings is 1. The summed E-state index contributed by atoms with van der Waals surface area (Å²) < 4.78 is 44.4. The topological polar surface area (TPSA) is 25.4 Å². The van der Waals surface area contributed by atoms with E-state index in [1.807, 2.05) is 5.38 Å². The molecule has 0 N–H and O–H groups in total. The summed E-state index contributed by atoms with van der Waals surface area (Å²) in [6, 6.07) is 6.54. The summed E-state index contributed by atoms with van der Waals surface area (Å²) in [6.45, 7) is 3.64. The van der Waals surface area contributed by atoms with Crippen LogP contribution in [-0.2, 0) is 17.5 Å². The van der Waals surface area contributed by atoms with E-state index in [1.165, 1.54) is 23.5 Å². The summed E-state index contributed by atoms with van der Waals surface area (Å²) in [7, 11) is 0. The lowest BCUT2D eigenvalue weighted by molar-refractivity contribution is -0.137. The van der Waals surface area contributed by atoms with Gasteiger partial charge in [0.1, 0.15) is 5.01 Å². The number of morpholine rings is 1. The van der Waals surface area contributed by atoms with Crippen molar-refractivity contribution in [2.75, 3.05) is 26.3 Å². The van der Waals surface area contributed by atoms with Crippen molar-refractivity contribution in [1.29, 1.82) is 0 Å². The van der Waals surface area contributed by atoms with Crippen molar-refractivity contribution in [3.8, 4) is 10.6 Å². The Balaban J connectivity index is 1.82. The van der Waals surface area contributed by atoms with Crippen molar-refractivity contribution >= 4 is 11.3 Å². The molecule has 22 heavy (non-hydrogen) atoms. The molecule has 0 unspecified atom stereocenters. The zero-order valence-corrected chi connectivity index (χ0v) is 12.5. The van der Waals surface area contributed by atoms with Crippen molar-refractivity contribution in [1.82, 2.24) is 9.88 Å². The highest BCUT2D eigenvalue weighted by atomic mass is 32.1. The summed E-state index contributed by atoms with van der Waals surface area (Å²) >= 11 is 1.23. The van der Waals surface area contributed by atoms with E-state index in [-0.39, 0.29) is 5.56 Å². The van der Waals surface area contributed by atoms with E-state index in [0.29, 0.717) is 24.8 Å². The fraction of sp³-hybridized carbons (Fsp3) is 0.400. The summed E-state index contributed by atoms with van der Waals surface area (Å²) in [6.07, 6.45) is -4.42. The van der Waals surface area contributed by atoms with Crippen LogP contribution in [-0.4, -0.2) is 36.2 Å². The van der Waals surface area contributed by atoms with Gasteiger partial charge >= 0.3 is 6.18 Å².